The van der Waals surface area contributed by atoms with Crippen LogP contribution in [0.1, 0.15) is 58.4 Å². The van der Waals surface area contributed by atoms with E-state index >= 15 is 0 Å². The lowest BCUT2D eigenvalue weighted by Gasteiger charge is -2.47. The first-order chi connectivity index (χ1) is 20.4. The first-order valence-electron chi connectivity index (χ1n) is 14.4. The summed E-state index contributed by atoms with van der Waals surface area (Å²) in [6.45, 7) is 3.40. The van der Waals surface area contributed by atoms with E-state index in [1.165, 1.54) is 19.2 Å². The van der Waals surface area contributed by atoms with Gasteiger partial charge < -0.3 is 19.7 Å². The number of methoxy groups -OCH3 is 1. The minimum Gasteiger partial charge on any atom is -0.496 e. The molecule has 2 N–H and O–H groups in total. The van der Waals surface area contributed by atoms with Gasteiger partial charge in [-0.25, -0.2) is 4.79 Å². The Kier molecular flexibility index (Phi) is 9.45. The number of piperidine rings is 3. The quantitative estimate of drug-likeness (QED) is 0.199. The van der Waals surface area contributed by atoms with Crippen molar-refractivity contribution in [3.8, 4) is 16.9 Å². The molecule has 0 unspecified atom stereocenters. The van der Waals surface area contributed by atoms with Crippen molar-refractivity contribution in [3.05, 3.63) is 82.4 Å². The lowest BCUT2D eigenvalue weighted by molar-refractivity contribution is -0.0742. The van der Waals surface area contributed by atoms with Crippen LogP contribution in [0.15, 0.2) is 60.7 Å². The third-order valence-electron chi connectivity index (χ3n) is 8.23. The highest BCUT2D eigenvalue weighted by atomic mass is 35.5. The third kappa shape index (κ3) is 6.94. The highest BCUT2D eigenvalue weighted by molar-refractivity contribution is 6.34. The molecule has 3 aliphatic rings. The van der Waals surface area contributed by atoms with Crippen LogP contribution in [-0.2, 0) is 11.2 Å². The Balaban J connectivity index is 1.19. The number of hydrogen-bond acceptors (Lipinski definition) is 6. The van der Waals surface area contributed by atoms with Crippen LogP contribution in [0.2, 0.25) is 5.02 Å². The van der Waals surface area contributed by atoms with Gasteiger partial charge in [-0.3, -0.25) is 14.9 Å². The van der Waals surface area contributed by atoms with E-state index in [-0.39, 0.29) is 22.1 Å². The number of ether oxygens (including phenoxy) is 2. The number of carbonyl (C=O) groups is 3. The predicted octanol–water partition coefficient (Wildman–Crippen LogP) is 6.37. The normalized spacial score (nSPS) is 19.1. The summed E-state index contributed by atoms with van der Waals surface area (Å²) in [5, 5.41) is 6.14. The Bertz CT molecular complexity index is 1420. The van der Waals surface area contributed by atoms with Crippen LogP contribution in [-0.4, -0.2) is 62.1 Å². The second kappa shape index (κ2) is 13.4. The van der Waals surface area contributed by atoms with E-state index in [0.717, 1.165) is 80.5 Å². The molecule has 0 aliphatic carbocycles. The number of benzene rings is 3. The standard InChI is InChI=1S/C33H36ClN3O5/c1-41-30-21-27(28(34)20-25(30)22-38)31(39)35-15-6-5-7-23-10-11-26(24-8-3-2-4-9-24)29(19-23)36-32(40)42-33-12-16-37(17-13-33)18-14-33/h2-4,8-11,19-22H,5-7,12-18H2,1H3,(H,35,39)(H,36,40). The highest BCUT2D eigenvalue weighted by Crippen LogP contribution is 2.36. The molecule has 9 heteroatoms. The summed E-state index contributed by atoms with van der Waals surface area (Å²) in [4.78, 5) is 39.4. The SMILES string of the molecule is COc1cc(C(=O)NCCCCc2ccc(-c3ccccc3)c(NC(=O)OC34CCN(CC3)CC4)c2)c(Cl)cc1C=O. The predicted molar refractivity (Wildman–Crippen MR) is 164 cm³/mol. The Hall–Kier alpha value is -3.88. The van der Waals surface area contributed by atoms with Crippen molar-refractivity contribution in [2.24, 2.45) is 0 Å². The van der Waals surface area contributed by atoms with Crippen LogP contribution < -0.4 is 15.4 Å². The number of carbonyl (C=O) groups excluding carboxylic acids is 3. The van der Waals surface area contributed by atoms with E-state index in [9.17, 15) is 14.4 Å². The van der Waals surface area contributed by atoms with Gasteiger partial charge in [-0.2, -0.15) is 0 Å². The zero-order chi connectivity index (χ0) is 29.5. The topological polar surface area (TPSA) is 97.0 Å². The number of nitrogens with one attached hydrogen (secondary N) is 2. The second-order valence-electron chi connectivity index (χ2n) is 10.9. The summed E-state index contributed by atoms with van der Waals surface area (Å²) < 4.78 is 11.2. The van der Waals surface area contributed by atoms with Gasteiger partial charge in [0.15, 0.2) is 6.29 Å². The molecule has 0 saturated carbocycles. The van der Waals surface area contributed by atoms with Gasteiger partial charge in [0.2, 0.25) is 0 Å². The molecule has 42 heavy (non-hydrogen) atoms. The fraction of sp³-hybridized carbons (Fsp3) is 0.364. The Morgan fingerprint density at radius 1 is 1.00 bits per heavy atom. The molecule has 0 spiro atoms. The summed E-state index contributed by atoms with van der Waals surface area (Å²) in [7, 11) is 1.44. The van der Waals surface area contributed by atoms with Gasteiger partial charge in [0.25, 0.3) is 5.91 Å². The van der Waals surface area contributed by atoms with Crippen molar-refractivity contribution in [1.82, 2.24) is 10.2 Å². The van der Waals surface area contributed by atoms with Crippen LogP contribution in [0.4, 0.5) is 10.5 Å². The van der Waals surface area contributed by atoms with E-state index < -0.39 is 6.09 Å². The van der Waals surface area contributed by atoms with Crippen molar-refractivity contribution in [2.45, 2.75) is 44.1 Å². The number of aryl methyl sites for hydroxylation is 1. The van der Waals surface area contributed by atoms with Gasteiger partial charge in [0, 0.05) is 51.0 Å². The molecule has 2 bridgehead atoms. The molecule has 3 heterocycles. The number of rotatable bonds is 11. The smallest absolute Gasteiger partial charge is 0.412 e. The monoisotopic (exact) mass is 589 g/mol. The minimum atomic E-state index is -0.404. The molecular weight excluding hydrogens is 554 g/mol. The zero-order valence-electron chi connectivity index (χ0n) is 23.8. The lowest BCUT2D eigenvalue weighted by atomic mass is 9.83. The number of nitrogens with zero attached hydrogens (tertiary/aromatic N) is 1. The molecule has 2 amide bonds. The number of fused-ring (bicyclic) bond motifs is 3. The summed E-state index contributed by atoms with van der Waals surface area (Å²) in [6.07, 6.45) is 5.23. The van der Waals surface area contributed by atoms with Gasteiger partial charge in [-0.05, 0) is 48.6 Å². The molecule has 3 aromatic carbocycles. The van der Waals surface area contributed by atoms with Crippen molar-refractivity contribution < 1.29 is 23.9 Å². The second-order valence-corrected chi connectivity index (χ2v) is 11.3. The molecule has 0 radical (unpaired) electrons. The number of unbranched alkanes of at least 4 members (excludes halogenated alkanes) is 1. The Morgan fingerprint density at radius 3 is 2.43 bits per heavy atom. The Labute approximate surface area is 251 Å². The number of halogens is 1. The molecule has 0 aromatic heterocycles. The molecule has 0 atom stereocenters. The number of hydrogen-bond donors (Lipinski definition) is 2. The lowest BCUT2D eigenvalue weighted by Crippen LogP contribution is -2.54. The van der Waals surface area contributed by atoms with Crippen molar-refractivity contribution in [1.29, 1.82) is 0 Å². The molecule has 3 fully saturated rings. The maximum absolute atomic E-state index is 13.1. The van der Waals surface area contributed by atoms with Gasteiger partial charge in [0.05, 0.1) is 28.9 Å². The first-order valence-corrected chi connectivity index (χ1v) is 14.8. The van der Waals surface area contributed by atoms with Crippen LogP contribution >= 0.6 is 11.6 Å². The third-order valence-corrected chi connectivity index (χ3v) is 8.55. The molecular formula is C33H36ClN3O5. The number of amides is 2. The van der Waals surface area contributed by atoms with Crippen molar-refractivity contribution >= 4 is 35.6 Å². The minimum absolute atomic E-state index is 0.195. The fourth-order valence-electron chi connectivity index (χ4n) is 5.76. The maximum Gasteiger partial charge on any atom is 0.412 e. The molecule has 3 aromatic rings. The van der Waals surface area contributed by atoms with Gasteiger partial charge in [0.1, 0.15) is 11.4 Å². The van der Waals surface area contributed by atoms with Crippen molar-refractivity contribution in [3.63, 3.8) is 0 Å². The first kappa shape index (κ1) is 29.6. The summed E-state index contributed by atoms with van der Waals surface area (Å²) in [6, 6.07) is 19.0. The van der Waals surface area contributed by atoms with E-state index in [1.54, 1.807) is 0 Å². The van der Waals surface area contributed by atoms with Crippen LogP contribution in [0.5, 0.6) is 5.75 Å². The average molecular weight is 590 g/mol. The molecule has 8 nitrogen and oxygen atoms in total. The van der Waals surface area contributed by atoms with Gasteiger partial charge in [-0.1, -0.05) is 54.1 Å². The molecule has 3 saturated heterocycles. The largest absolute Gasteiger partial charge is 0.496 e. The maximum atomic E-state index is 13.1. The summed E-state index contributed by atoms with van der Waals surface area (Å²) in [5.41, 5.74) is 3.95. The summed E-state index contributed by atoms with van der Waals surface area (Å²) in [5.74, 6) is -0.0216. The van der Waals surface area contributed by atoms with Gasteiger partial charge in [-0.15, -0.1) is 0 Å². The number of anilines is 1. The van der Waals surface area contributed by atoms with Crippen LogP contribution in [0.25, 0.3) is 11.1 Å². The van der Waals surface area contributed by atoms with Crippen LogP contribution in [0, 0.1) is 0 Å². The highest BCUT2D eigenvalue weighted by Gasteiger charge is 2.42. The van der Waals surface area contributed by atoms with Crippen LogP contribution in [0.3, 0.4) is 0 Å². The van der Waals surface area contributed by atoms with E-state index in [4.69, 9.17) is 21.1 Å². The zero-order valence-corrected chi connectivity index (χ0v) is 24.5. The molecule has 6 rings (SSSR count). The van der Waals surface area contributed by atoms with Gasteiger partial charge >= 0.3 is 6.09 Å². The Morgan fingerprint density at radius 2 is 1.74 bits per heavy atom. The molecule has 220 valence electrons. The number of aldehydes is 1. The van der Waals surface area contributed by atoms with E-state index in [2.05, 4.69) is 21.6 Å². The fourth-order valence-corrected chi connectivity index (χ4v) is 6.02. The summed E-state index contributed by atoms with van der Waals surface area (Å²) >= 11 is 6.22. The van der Waals surface area contributed by atoms with E-state index in [0.29, 0.717) is 24.1 Å². The molecule has 3 aliphatic heterocycles. The van der Waals surface area contributed by atoms with E-state index in [1.807, 2.05) is 42.5 Å². The average Bonchev–Trinajstić information content (AvgIpc) is 3.01. The van der Waals surface area contributed by atoms with Crippen molar-refractivity contribution in [2.75, 3.05) is 38.6 Å².